The number of aliphatic carboxylic acids is 2. The lowest BCUT2D eigenvalue weighted by molar-refractivity contribution is -0.145. The van der Waals surface area contributed by atoms with E-state index in [-0.39, 0.29) is 17.8 Å². The Morgan fingerprint density at radius 2 is 1.93 bits per heavy atom. The summed E-state index contributed by atoms with van der Waals surface area (Å²) < 4.78 is 0. The highest BCUT2D eigenvalue weighted by atomic mass is 16.4. The van der Waals surface area contributed by atoms with Crippen LogP contribution in [-0.4, -0.2) is 27.7 Å². The fourth-order valence-corrected chi connectivity index (χ4v) is 4.00. The summed E-state index contributed by atoms with van der Waals surface area (Å²) in [6.07, 6.45) is 1.14. The molecular weight excluding hydrogens is 186 g/mol. The Morgan fingerprint density at radius 1 is 1.29 bits per heavy atom. The molecule has 14 heavy (non-hydrogen) atoms. The molecule has 4 aliphatic rings. The molecule has 0 radical (unpaired) electrons. The Morgan fingerprint density at radius 3 is 2.21 bits per heavy atom. The van der Waals surface area contributed by atoms with E-state index in [4.69, 9.17) is 15.9 Å². The van der Waals surface area contributed by atoms with Gasteiger partial charge in [0.25, 0.3) is 0 Å². The highest BCUT2D eigenvalue weighted by Gasteiger charge is 2.88. The molecule has 4 rings (SSSR count). The van der Waals surface area contributed by atoms with E-state index in [1.165, 1.54) is 0 Å². The minimum atomic E-state index is -1.26. The second-order valence-corrected chi connectivity index (χ2v) is 4.80. The Labute approximate surface area is 79.9 Å². The molecule has 4 fully saturated rings. The molecule has 4 N–H and O–H groups in total. The Balaban J connectivity index is 2.06. The summed E-state index contributed by atoms with van der Waals surface area (Å²) in [6, 6.07) is 0. The van der Waals surface area contributed by atoms with Crippen LogP contribution in [0.2, 0.25) is 0 Å². The Hall–Kier alpha value is -1.10. The van der Waals surface area contributed by atoms with Crippen LogP contribution in [0, 0.1) is 23.2 Å². The molecule has 0 amide bonds. The summed E-state index contributed by atoms with van der Waals surface area (Å²) in [5.41, 5.74) is 3.79. The van der Waals surface area contributed by atoms with Crippen LogP contribution in [0.3, 0.4) is 0 Å². The van der Waals surface area contributed by atoms with Crippen molar-refractivity contribution in [1.29, 1.82) is 0 Å². The molecule has 0 spiro atoms. The maximum atomic E-state index is 11.1. The number of carboxylic acids is 2. The van der Waals surface area contributed by atoms with E-state index in [9.17, 15) is 9.59 Å². The summed E-state index contributed by atoms with van der Waals surface area (Å²) >= 11 is 0. The number of nitrogens with two attached hydrogens (primary N) is 1. The van der Waals surface area contributed by atoms with Gasteiger partial charge in [-0.25, -0.2) is 0 Å². The first kappa shape index (κ1) is 8.23. The highest BCUT2D eigenvalue weighted by molar-refractivity contribution is 5.90. The molecule has 0 saturated heterocycles. The molecule has 4 saturated carbocycles. The predicted molar refractivity (Wildman–Crippen MR) is 44.3 cm³/mol. The smallest absolute Gasteiger partial charge is 0.324 e. The first-order chi connectivity index (χ1) is 6.45. The van der Waals surface area contributed by atoms with Crippen molar-refractivity contribution in [2.75, 3.05) is 0 Å². The monoisotopic (exact) mass is 197 g/mol. The maximum absolute atomic E-state index is 11.1. The van der Waals surface area contributed by atoms with Crippen LogP contribution in [0.1, 0.15) is 12.8 Å². The Kier molecular flexibility index (Phi) is 1.07. The molecular formula is C9H11NO4. The second kappa shape index (κ2) is 1.82. The average Bonchev–Trinajstić information content (AvgIpc) is 2.45. The third-order valence-electron chi connectivity index (χ3n) is 4.59. The average molecular weight is 197 g/mol. The van der Waals surface area contributed by atoms with Gasteiger partial charge in [-0.15, -0.1) is 0 Å². The van der Waals surface area contributed by atoms with Crippen LogP contribution in [0.15, 0.2) is 0 Å². The minimum Gasteiger partial charge on any atom is -0.481 e. The number of rotatable bonds is 2. The van der Waals surface area contributed by atoms with Gasteiger partial charge in [0.2, 0.25) is 0 Å². The summed E-state index contributed by atoms with van der Waals surface area (Å²) in [5.74, 6) is -2.33. The molecule has 4 aliphatic carbocycles. The van der Waals surface area contributed by atoms with Gasteiger partial charge in [0.1, 0.15) is 5.54 Å². The fourth-order valence-electron chi connectivity index (χ4n) is 4.00. The van der Waals surface area contributed by atoms with Gasteiger partial charge >= 0.3 is 11.9 Å². The highest BCUT2D eigenvalue weighted by Crippen LogP contribution is 2.81. The second-order valence-electron chi connectivity index (χ2n) is 4.80. The number of carbonyl (C=O) groups is 2. The van der Waals surface area contributed by atoms with Crippen LogP contribution in [0.5, 0.6) is 0 Å². The molecule has 5 heteroatoms. The molecule has 0 aromatic carbocycles. The number of carboxylic acid groups (broad SMARTS) is 2. The molecule has 0 aromatic heterocycles. The van der Waals surface area contributed by atoms with Crippen LogP contribution in [0.25, 0.3) is 0 Å². The normalized spacial score (nSPS) is 57.4. The SMILES string of the molecule is N[C@@]1(C(=O)O)[C@H]2C[C@H]3[C@H]1[C@]3(C(=O)O)C2. The first-order valence-electron chi connectivity index (χ1n) is 4.71. The van der Waals surface area contributed by atoms with Crippen molar-refractivity contribution >= 4 is 11.9 Å². The quantitative estimate of drug-likeness (QED) is 0.554. The molecule has 0 aromatic rings. The number of hydrogen-bond donors (Lipinski definition) is 3. The van der Waals surface area contributed by atoms with Gasteiger partial charge in [-0.1, -0.05) is 0 Å². The maximum Gasteiger partial charge on any atom is 0.324 e. The van der Waals surface area contributed by atoms with Crippen molar-refractivity contribution in [3.63, 3.8) is 0 Å². The van der Waals surface area contributed by atoms with Gasteiger partial charge < -0.3 is 15.9 Å². The van der Waals surface area contributed by atoms with E-state index in [1.54, 1.807) is 0 Å². The van der Waals surface area contributed by atoms with Crippen molar-refractivity contribution < 1.29 is 19.8 Å². The van der Waals surface area contributed by atoms with Crippen molar-refractivity contribution in [3.05, 3.63) is 0 Å². The van der Waals surface area contributed by atoms with Gasteiger partial charge in [0.05, 0.1) is 5.41 Å². The van der Waals surface area contributed by atoms with Crippen LogP contribution in [0.4, 0.5) is 0 Å². The van der Waals surface area contributed by atoms with Crippen LogP contribution < -0.4 is 5.73 Å². The van der Waals surface area contributed by atoms with Gasteiger partial charge in [-0.2, -0.15) is 0 Å². The van der Waals surface area contributed by atoms with E-state index in [0.29, 0.717) is 12.8 Å². The zero-order chi connectivity index (χ0) is 10.3. The topological polar surface area (TPSA) is 101 Å². The van der Waals surface area contributed by atoms with E-state index in [1.807, 2.05) is 0 Å². The zero-order valence-corrected chi connectivity index (χ0v) is 7.43. The molecule has 0 aliphatic heterocycles. The van der Waals surface area contributed by atoms with E-state index >= 15 is 0 Å². The standard InChI is InChI=1S/C9H11NO4/c10-9(7(13)14)3-1-4-5(9)8(4,2-3)6(11)12/h3-5H,1-2,10H2,(H,11,12)(H,13,14)/t3-,4-,5-,8-,9-/m0/s1. The van der Waals surface area contributed by atoms with Crippen LogP contribution >= 0.6 is 0 Å². The summed E-state index contributed by atoms with van der Waals surface area (Å²) in [6.45, 7) is 0. The van der Waals surface area contributed by atoms with Gasteiger partial charge in [0, 0.05) is 5.92 Å². The lowest BCUT2D eigenvalue weighted by Crippen LogP contribution is -2.51. The van der Waals surface area contributed by atoms with Gasteiger partial charge in [0.15, 0.2) is 0 Å². The summed E-state index contributed by atoms with van der Waals surface area (Å²) in [5, 5.41) is 18.1. The lowest BCUT2D eigenvalue weighted by atomic mass is 9.90. The minimum absolute atomic E-state index is 0.0195. The summed E-state index contributed by atoms with van der Waals surface area (Å²) in [4.78, 5) is 22.1. The van der Waals surface area contributed by atoms with Crippen molar-refractivity contribution in [3.8, 4) is 0 Å². The molecule has 0 unspecified atom stereocenters. The van der Waals surface area contributed by atoms with Crippen molar-refractivity contribution in [2.24, 2.45) is 28.9 Å². The van der Waals surface area contributed by atoms with Crippen molar-refractivity contribution in [1.82, 2.24) is 0 Å². The van der Waals surface area contributed by atoms with E-state index in [0.717, 1.165) is 0 Å². The molecule has 5 atom stereocenters. The number of hydrogen-bond acceptors (Lipinski definition) is 3. The van der Waals surface area contributed by atoms with Gasteiger partial charge in [-0.05, 0) is 24.7 Å². The largest absolute Gasteiger partial charge is 0.481 e. The Bertz CT molecular complexity index is 368. The van der Waals surface area contributed by atoms with Crippen molar-refractivity contribution in [2.45, 2.75) is 18.4 Å². The summed E-state index contributed by atoms with van der Waals surface area (Å²) in [7, 11) is 0. The molecule has 0 heterocycles. The van der Waals surface area contributed by atoms with E-state index < -0.39 is 22.9 Å². The third-order valence-corrected chi connectivity index (χ3v) is 4.59. The predicted octanol–water partition coefficient (Wildman–Crippen LogP) is -0.491. The van der Waals surface area contributed by atoms with Gasteiger partial charge in [-0.3, -0.25) is 9.59 Å². The fraction of sp³-hybridized carbons (Fsp3) is 0.778. The van der Waals surface area contributed by atoms with Crippen LogP contribution in [-0.2, 0) is 9.59 Å². The zero-order valence-electron chi connectivity index (χ0n) is 7.43. The molecule has 5 nitrogen and oxygen atoms in total. The molecule has 4 bridgehead atoms. The lowest BCUT2D eigenvalue weighted by Gasteiger charge is -2.22. The third kappa shape index (κ3) is 0.507. The van der Waals surface area contributed by atoms with E-state index in [2.05, 4.69) is 0 Å². The first-order valence-corrected chi connectivity index (χ1v) is 4.71. The molecule has 76 valence electrons.